The summed E-state index contributed by atoms with van der Waals surface area (Å²) in [5, 5.41) is 12.4. The average Bonchev–Trinajstić information content (AvgIpc) is 2.37. The Bertz CT molecular complexity index is 523. The van der Waals surface area contributed by atoms with Crippen LogP contribution in [-0.4, -0.2) is 16.7 Å². The van der Waals surface area contributed by atoms with Gasteiger partial charge in [0, 0.05) is 18.7 Å². The lowest BCUT2D eigenvalue weighted by Crippen LogP contribution is -2.01. The number of phenols is 1. The first kappa shape index (κ1) is 13.1. The summed E-state index contributed by atoms with van der Waals surface area (Å²) >= 11 is 0. The molecule has 0 aliphatic carbocycles. The van der Waals surface area contributed by atoms with Crippen LogP contribution in [0.25, 0.3) is 0 Å². The largest absolute Gasteiger partial charge is 0.508 e. The number of halogens is 1. The number of pyridine rings is 1. The van der Waals surface area contributed by atoms with Gasteiger partial charge in [-0.1, -0.05) is 0 Å². The minimum absolute atomic E-state index is 0.0818. The predicted octanol–water partition coefficient (Wildman–Crippen LogP) is 2.94. The lowest BCUT2D eigenvalue weighted by molar-refractivity contribution is 0.327. The topological polar surface area (TPSA) is 54.4 Å². The lowest BCUT2D eigenvalue weighted by Gasteiger charge is -2.08. The molecule has 0 aliphatic heterocycles. The number of rotatable bonds is 5. The average molecular weight is 262 g/mol. The van der Waals surface area contributed by atoms with Crippen LogP contribution in [0.2, 0.25) is 0 Å². The number of hydrogen-bond acceptors (Lipinski definition) is 4. The summed E-state index contributed by atoms with van der Waals surface area (Å²) in [5.74, 6) is 0.0275. The Morgan fingerprint density at radius 3 is 2.79 bits per heavy atom. The summed E-state index contributed by atoms with van der Waals surface area (Å²) in [6.07, 6.45) is 1.64. The number of ether oxygens (including phenoxy) is 1. The van der Waals surface area contributed by atoms with Gasteiger partial charge < -0.3 is 15.2 Å². The molecule has 100 valence electrons. The second kappa shape index (κ2) is 6.04. The molecule has 4 nitrogen and oxygen atoms in total. The number of aromatic nitrogens is 1. The number of benzene rings is 1. The first-order valence-corrected chi connectivity index (χ1v) is 5.98. The van der Waals surface area contributed by atoms with Gasteiger partial charge in [0.25, 0.3) is 0 Å². The first-order chi connectivity index (χ1) is 9.17. The Morgan fingerprint density at radius 1 is 1.32 bits per heavy atom. The molecule has 0 saturated heterocycles. The molecule has 0 saturated carbocycles. The number of aromatic hydroxyl groups is 1. The van der Waals surface area contributed by atoms with Crippen LogP contribution in [0.15, 0.2) is 36.5 Å². The highest BCUT2D eigenvalue weighted by atomic mass is 19.1. The number of anilines is 1. The van der Waals surface area contributed by atoms with Crippen molar-refractivity contribution in [3.63, 3.8) is 0 Å². The fourth-order valence-electron chi connectivity index (χ4n) is 1.66. The maximum atomic E-state index is 13.1. The van der Waals surface area contributed by atoms with Crippen molar-refractivity contribution in [2.24, 2.45) is 0 Å². The van der Waals surface area contributed by atoms with Gasteiger partial charge in [0.1, 0.15) is 11.6 Å². The van der Waals surface area contributed by atoms with Gasteiger partial charge in [0.15, 0.2) is 0 Å². The van der Waals surface area contributed by atoms with Gasteiger partial charge in [0.2, 0.25) is 5.88 Å². The molecule has 0 atom stereocenters. The van der Waals surface area contributed by atoms with E-state index < -0.39 is 5.82 Å². The summed E-state index contributed by atoms with van der Waals surface area (Å²) in [7, 11) is 0. The molecule has 19 heavy (non-hydrogen) atoms. The van der Waals surface area contributed by atoms with Crippen molar-refractivity contribution in [3.05, 3.63) is 47.9 Å². The highest BCUT2D eigenvalue weighted by Gasteiger charge is 2.01. The quantitative estimate of drug-likeness (QED) is 0.870. The highest BCUT2D eigenvalue weighted by molar-refractivity contribution is 5.43. The fourth-order valence-corrected chi connectivity index (χ4v) is 1.66. The maximum Gasteiger partial charge on any atom is 0.213 e. The van der Waals surface area contributed by atoms with E-state index in [0.29, 0.717) is 24.6 Å². The van der Waals surface area contributed by atoms with Crippen LogP contribution in [0.3, 0.4) is 0 Å². The Balaban J connectivity index is 1.98. The van der Waals surface area contributed by atoms with Crippen molar-refractivity contribution in [2.45, 2.75) is 13.5 Å². The SMILES string of the molecule is CCOc1ccc(NCc2cc(O)cc(F)c2)cn1. The number of nitrogens with zero attached hydrogens (tertiary/aromatic N) is 1. The smallest absolute Gasteiger partial charge is 0.213 e. The molecule has 2 aromatic rings. The molecular weight excluding hydrogens is 247 g/mol. The molecule has 0 aliphatic rings. The van der Waals surface area contributed by atoms with Gasteiger partial charge in [0.05, 0.1) is 18.5 Å². The molecule has 1 aromatic carbocycles. The molecule has 0 spiro atoms. The highest BCUT2D eigenvalue weighted by Crippen LogP contribution is 2.17. The van der Waals surface area contributed by atoms with E-state index in [4.69, 9.17) is 4.74 Å². The molecule has 2 N–H and O–H groups in total. The van der Waals surface area contributed by atoms with Crippen molar-refractivity contribution in [3.8, 4) is 11.6 Å². The zero-order chi connectivity index (χ0) is 13.7. The molecule has 0 bridgehead atoms. The van der Waals surface area contributed by atoms with Crippen molar-refractivity contribution < 1.29 is 14.2 Å². The molecular formula is C14H15FN2O2. The summed E-state index contributed by atoms with van der Waals surface area (Å²) < 4.78 is 18.3. The third-order valence-corrected chi connectivity index (χ3v) is 2.47. The monoisotopic (exact) mass is 262 g/mol. The van der Waals surface area contributed by atoms with Gasteiger partial charge in [-0.2, -0.15) is 0 Å². The van der Waals surface area contributed by atoms with Crippen LogP contribution in [0.1, 0.15) is 12.5 Å². The van der Waals surface area contributed by atoms with Crippen LogP contribution < -0.4 is 10.1 Å². The third-order valence-electron chi connectivity index (χ3n) is 2.47. The van der Waals surface area contributed by atoms with E-state index in [1.54, 1.807) is 12.3 Å². The van der Waals surface area contributed by atoms with Crippen LogP contribution in [0, 0.1) is 5.82 Å². The van der Waals surface area contributed by atoms with Gasteiger partial charge in [-0.25, -0.2) is 9.37 Å². The van der Waals surface area contributed by atoms with Crippen molar-refractivity contribution in [1.82, 2.24) is 4.98 Å². The molecule has 5 heteroatoms. The molecule has 0 amide bonds. The van der Waals surface area contributed by atoms with Crippen LogP contribution in [-0.2, 0) is 6.54 Å². The van der Waals surface area contributed by atoms with E-state index >= 15 is 0 Å². The van der Waals surface area contributed by atoms with Crippen molar-refractivity contribution in [2.75, 3.05) is 11.9 Å². The van der Waals surface area contributed by atoms with E-state index in [-0.39, 0.29) is 5.75 Å². The molecule has 1 heterocycles. The summed E-state index contributed by atoms with van der Waals surface area (Å²) in [5.41, 5.74) is 1.46. The Morgan fingerprint density at radius 2 is 2.16 bits per heavy atom. The second-order valence-corrected chi connectivity index (χ2v) is 3.99. The molecule has 2 rings (SSSR count). The standard InChI is InChI=1S/C14H15FN2O2/c1-2-19-14-4-3-12(9-17-14)16-8-10-5-11(15)7-13(18)6-10/h3-7,9,16,18H,2,8H2,1H3. The normalized spacial score (nSPS) is 10.2. The lowest BCUT2D eigenvalue weighted by atomic mass is 10.2. The van der Waals surface area contributed by atoms with Crippen LogP contribution >= 0.6 is 0 Å². The number of hydrogen-bond donors (Lipinski definition) is 2. The summed E-state index contributed by atoms with van der Waals surface area (Å²) in [6.45, 7) is 2.87. The third kappa shape index (κ3) is 3.84. The zero-order valence-electron chi connectivity index (χ0n) is 10.6. The second-order valence-electron chi connectivity index (χ2n) is 3.99. The van der Waals surface area contributed by atoms with E-state index in [1.807, 2.05) is 13.0 Å². The van der Waals surface area contributed by atoms with Gasteiger partial charge >= 0.3 is 0 Å². The molecule has 0 unspecified atom stereocenters. The Labute approximate surface area is 110 Å². The molecule has 0 radical (unpaired) electrons. The minimum atomic E-state index is -0.457. The van der Waals surface area contributed by atoms with E-state index in [0.717, 1.165) is 11.8 Å². The summed E-state index contributed by atoms with van der Waals surface area (Å²) in [4.78, 5) is 4.11. The van der Waals surface area contributed by atoms with Gasteiger partial charge in [-0.3, -0.25) is 0 Å². The molecule has 1 aromatic heterocycles. The predicted molar refractivity (Wildman–Crippen MR) is 70.8 cm³/mol. The fraction of sp³-hybridized carbons (Fsp3) is 0.214. The van der Waals surface area contributed by atoms with Crippen LogP contribution in [0.4, 0.5) is 10.1 Å². The summed E-state index contributed by atoms with van der Waals surface area (Å²) in [6, 6.07) is 7.54. The van der Waals surface area contributed by atoms with Crippen molar-refractivity contribution >= 4 is 5.69 Å². The molecule has 0 fully saturated rings. The van der Waals surface area contributed by atoms with E-state index in [2.05, 4.69) is 10.3 Å². The minimum Gasteiger partial charge on any atom is -0.508 e. The zero-order valence-corrected chi connectivity index (χ0v) is 10.6. The first-order valence-electron chi connectivity index (χ1n) is 5.98. The van der Waals surface area contributed by atoms with Gasteiger partial charge in [-0.05, 0) is 30.7 Å². The van der Waals surface area contributed by atoms with E-state index in [9.17, 15) is 9.50 Å². The Kier molecular flexibility index (Phi) is 4.18. The number of nitrogens with one attached hydrogen (secondary N) is 1. The van der Waals surface area contributed by atoms with Gasteiger partial charge in [-0.15, -0.1) is 0 Å². The van der Waals surface area contributed by atoms with Crippen molar-refractivity contribution in [1.29, 1.82) is 0 Å². The maximum absolute atomic E-state index is 13.1. The van der Waals surface area contributed by atoms with Crippen LogP contribution in [0.5, 0.6) is 11.6 Å². The number of phenolic OH excluding ortho intramolecular Hbond substituents is 1. The Hall–Kier alpha value is -2.30. The van der Waals surface area contributed by atoms with E-state index in [1.165, 1.54) is 12.1 Å².